The Bertz CT molecular complexity index is 162. The van der Waals surface area contributed by atoms with E-state index in [1.165, 1.54) is 88.6 Å². The third-order valence-corrected chi connectivity index (χ3v) is 8.77. The molecule has 0 aliphatic rings. The Morgan fingerprint density at radius 1 is 0.579 bits per heavy atom. The van der Waals surface area contributed by atoms with Crippen LogP contribution in [-0.4, -0.2) is 17.8 Å². The van der Waals surface area contributed by atoms with Gasteiger partial charge in [0.05, 0.1) is 0 Å². The van der Waals surface area contributed by atoms with Gasteiger partial charge in [-0.05, 0) is 51.8 Å². The van der Waals surface area contributed by atoms with E-state index in [0.717, 1.165) is 0 Å². The minimum absolute atomic E-state index is 0.297. The lowest BCUT2D eigenvalue weighted by Crippen LogP contribution is -2.01. The van der Waals surface area contributed by atoms with Gasteiger partial charge >= 0.3 is 0 Å². The fourth-order valence-corrected chi connectivity index (χ4v) is 6.15. The summed E-state index contributed by atoms with van der Waals surface area (Å²) in [6.45, 7) is 4.60. The molecule has 0 atom stereocenters. The first-order valence-corrected chi connectivity index (χ1v) is 13.5. The van der Waals surface area contributed by atoms with Gasteiger partial charge in [0.2, 0.25) is 0 Å². The van der Waals surface area contributed by atoms with Crippen LogP contribution in [-0.2, 0) is 0 Å². The number of rotatable bonds is 14. The maximum Gasteiger partial charge on any atom is -0.0146 e. The van der Waals surface area contributed by atoms with Gasteiger partial charge in [0.25, 0.3) is 0 Å². The largest absolute Gasteiger partial charge is 0.190 e. The van der Waals surface area contributed by atoms with Gasteiger partial charge in [-0.3, -0.25) is 0 Å². The zero-order chi connectivity index (χ0) is 14.4. The molecular weight excluding hydrogens is 363 g/mol. The number of halogens is 1. The van der Waals surface area contributed by atoms with E-state index in [0.29, 0.717) is 0 Å². The van der Waals surface area contributed by atoms with Crippen LogP contribution in [0, 0.1) is 0 Å². The fraction of sp³-hybridized carbons (Fsp3) is 1.00. The molecule has 0 amide bonds. The van der Waals surface area contributed by atoms with Gasteiger partial charge in [-0.1, -0.05) is 78.1 Å². The summed E-state index contributed by atoms with van der Waals surface area (Å²) in [7, 11) is -0.297. The molecule has 0 fully saturated rings. The summed E-state index contributed by atoms with van der Waals surface area (Å²) in [6.07, 6.45) is 19.9. The van der Waals surface area contributed by atoms with E-state index < -0.39 is 0 Å². The van der Waals surface area contributed by atoms with E-state index in [4.69, 9.17) is 0 Å². The molecule has 0 bridgehead atoms. The predicted octanol–water partition coefficient (Wildman–Crippen LogP) is 7.49. The molecule has 0 aromatic carbocycles. The predicted molar refractivity (Wildman–Crippen MR) is 104 cm³/mol. The normalized spacial score (nSPS) is 12.8. The minimum atomic E-state index is -0.297. The van der Waals surface area contributed by atoms with Gasteiger partial charge in [0.15, 0.2) is 0 Å². The summed E-state index contributed by atoms with van der Waals surface area (Å²) in [5.41, 5.74) is 0. The number of hydrogen-bond acceptors (Lipinski definition) is 0. The number of unbranched alkanes of at least 4 members (excludes halogenated alkanes) is 10. The highest BCUT2D eigenvalue weighted by Gasteiger charge is 2.12. The van der Waals surface area contributed by atoms with E-state index in [-0.39, 0.29) is 7.20 Å². The Labute approximate surface area is 136 Å². The molecule has 0 saturated carbocycles. The summed E-state index contributed by atoms with van der Waals surface area (Å²) in [6, 6.07) is 0. The van der Waals surface area contributed by atoms with Crippen molar-refractivity contribution in [3.63, 3.8) is 0 Å². The Morgan fingerprint density at radius 3 is 1.26 bits per heavy atom. The highest BCUT2D eigenvalue weighted by Crippen LogP contribution is 2.54. The quantitative estimate of drug-likeness (QED) is 0.209. The first kappa shape index (κ1) is 20.1. The van der Waals surface area contributed by atoms with Crippen LogP contribution in [0.2, 0.25) is 0 Å². The Hall–Kier alpha value is 1.08. The van der Waals surface area contributed by atoms with Crippen molar-refractivity contribution in [1.29, 1.82) is 0 Å². The van der Waals surface area contributed by atoms with Crippen molar-refractivity contribution in [2.45, 2.75) is 90.9 Å². The molecule has 0 aromatic heterocycles. The molecule has 0 saturated heterocycles. The molecule has 0 spiro atoms. The van der Waals surface area contributed by atoms with E-state index in [1.807, 2.05) is 0 Å². The van der Waals surface area contributed by atoms with Crippen molar-refractivity contribution in [3.05, 3.63) is 0 Å². The molecule has 0 unspecified atom stereocenters. The van der Waals surface area contributed by atoms with Gasteiger partial charge in [-0.15, -0.1) is 0 Å². The molecule has 19 heavy (non-hydrogen) atoms. The van der Waals surface area contributed by atoms with E-state index in [1.54, 1.807) is 0 Å². The van der Waals surface area contributed by atoms with Crippen LogP contribution in [0.25, 0.3) is 0 Å². The van der Waals surface area contributed by atoms with Crippen LogP contribution >= 0.6 is 28.4 Å². The molecule has 0 aliphatic carbocycles. The van der Waals surface area contributed by atoms with Crippen molar-refractivity contribution in [1.82, 2.24) is 0 Å². The first-order valence-electron chi connectivity index (χ1n) is 8.55. The SMILES string of the molecule is CCCCCCCCS(C)(I)CCCCCCCC. The molecule has 0 aromatic rings. The minimum Gasteiger partial charge on any atom is -0.190 e. The van der Waals surface area contributed by atoms with Crippen LogP contribution in [0.15, 0.2) is 0 Å². The van der Waals surface area contributed by atoms with Crippen LogP contribution < -0.4 is 0 Å². The third kappa shape index (κ3) is 15.3. The molecule has 118 valence electrons. The Kier molecular flexibility index (Phi) is 14.8. The molecule has 2 heteroatoms. The smallest absolute Gasteiger partial charge is 0.0146 e. The summed E-state index contributed by atoms with van der Waals surface area (Å²) in [5.74, 6) is 3.02. The first-order chi connectivity index (χ1) is 9.12. The lowest BCUT2D eigenvalue weighted by atomic mass is 10.1. The lowest BCUT2D eigenvalue weighted by Gasteiger charge is -2.28. The average Bonchev–Trinajstić information content (AvgIpc) is 2.38. The van der Waals surface area contributed by atoms with Gasteiger partial charge in [0.1, 0.15) is 0 Å². The molecule has 0 N–H and O–H groups in total. The second kappa shape index (κ2) is 14.0. The Morgan fingerprint density at radius 2 is 0.895 bits per heavy atom. The molecule has 0 aliphatic heterocycles. The number of hydrogen-bond donors (Lipinski definition) is 0. The summed E-state index contributed by atoms with van der Waals surface area (Å²) >= 11 is 2.80. The lowest BCUT2D eigenvalue weighted by molar-refractivity contribution is 0.623. The maximum absolute atomic E-state index is 2.80. The molecule has 0 heterocycles. The van der Waals surface area contributed by atoms with Crippen molar-refractivity contribution in [2.24, 2.45) is 0 Å². The topological polar surface area (TPSA) is 0 Å². The maximum atomic E-state index is 2.80. The zero-order valence-corrected chi connectivity index (χ0v) is 16.7. The van der Waals surface area contributed by atoms with Gasteiger partial charge in [-0.25, -0.2) is 0 Å². The fourth-order valence-electron chi connectivity index (χ4n) is 2.47. The van der Waals surface area contributed by atoms with Crippen molar-refractivity contribution in [2.75, 3.05) is 17.8 Å². The van der Waals surface area contributed by atoms with E-state index in [2.05, 4.69) is 41.3 Å². The van der Waals surface area contributed by atoms with E-state index >= 15 is 0 Å². The highest BCUT2D eigenvalue weighted by molar-refractivity contribution is 14.2. The second-order valence-corrected chi connectivity index (χ2v) is 15.6. The van der Waals surface area contributed by atoms with Gasteiger partial charge < -0.3 is 0 Å². The summed E-state index contributed by atoms with van der Waals surface area (Å²) in [5, 5.41) is 0. The van der Waals surface area contributed by atoms with Gasteiger partial charge in [0, 0.05) is 0 Å². The molecular formula is C17H37IS. The van der Waals surface area contributed by atoms with Crippen molar-refractivity contribution in [3.8, 4) is 0 Å². The van der Waals surface area contributed by atoms with Crippen LogP contribution in [0.1, 0.15) is 90.9 Å². The average molecular weight is 400 g/mol. The second-order valence-electron chi connectivity index (χ2n) is 6.10. The summed E-state index contributed by atoms with van der Waals surface area (Å²) in [4.78, 5) is 0. The highest BCUT2D eigenvalue weighted by atomic mass is 127. The monoisotopic (exact) mass is 400 g/mol. The molecule has 0 rings (SSSR count). The van der Waals surface area contributed by atoms with E-state index in [9.17, 15) is 0 Å². The Balaban J connectivity index is 3.36. The molecule has 0 radical (unpaired) electrons. The van der Waals surface area contributed by atoms with Crippen LogP contribution in [0.4, 0.5) is 0 Å². The summed E-state index contributed by atoms with van der Waals surface area (Å²) < 4.78 is 0. The van der Waals surface area contributed by atoms with Crippen LogP contribution in [0.3, 0.4) is 0 Å². The molecule has 0 nitrogen and oxygen atoms in total. The third-order valence-electron chi connectivity index (χ3n) is 3.85. The van der Waals surface area contributed by atoms with Crippen molar-refractivity contribution >= 4 is 28.4 Å². The van der Waals surface area contributed by atoms with Crippen LogP contribution in [0.5, 0.6) is 0 Å². The standard InChI is InChI=1S/C17H37IS/c1-4-6-8-10-12-14-16-19(3,18)17-15-13-11-9-7-5-2/h4-17H2,1-3H3. The van der Waals surface area contributed by atoms with Crippen molar-refractivity contribution < 1.29 is 0 Å². The zero-order valence-electron chi connectivity index (χ0n) is 13.7. The van der Waals surface area contributed by atoms with Gasteiger partial charge in [-0.2, -0.15) is 7.20 Å².